The first-order valence-corrected chi connectivity index (χ1v) is 10.9. The van der Waals surface area contributed by atoms with Gasteiger partial charge in [0.15, 0.2) is 5.82 Å². The fourth-order valence-electron chi connectivity index (χ4n) is 4.27. The Bertz CT molecular complexity index is 1010. The van der Waals surface area contributed by atoms with Crippen LogP contribution in [-0.2, 0) is 11.0 Å². The van der Waals surface area contributed by atoms with E-state index >= 15 is 0 Å². The lowest BCUT2D eigenvalue weighted by Gasteiger charge is -2.40. The molecule has 2 aliphatic rings. The fraction of sp³-hybridized carbons (Fsp3) is 0.545. The molecule has 3 heterocycles. The van der Waals surface area contributed by atoms with Crippen molar-refractivity contribution in [1.82, 2.24) is 25.3 Å². The SMILES string of the molecule is CC(C)c1noc(C2CC(c3ccc(C(F)(F)F)cc3)CN(C(=O)N3CCNC(=O)C3)C2)n1. The first kappa shape index (κ1) is 23.1. The quantitative estimate of drug-likeness (QED) is 0.751. The average molecular weight is 465 g/mol. The lowest BCUT2D eigenvalue weighted by Crippen LogP contribution is -2.56. The van der Waals surface area contributed by atoms with E-state index in [1.807, 2.05) is 13.8 Å². The summed E-state index contributed by atoms with van der Waals surface area (Å²) in [7, 11) is 0. The van der Waals surface area contributed by atoms with Crippen molar-refractivity contribution < 1.29 is 27.3 Å². The number of hydrogen-bond acceptors (Lipinski definition) is 5. The highest BCUT2D eigenvalue weighted by Gasteiger charge is 2.37. The summed E-state index contributed by atoms with van der Waals surface area (Å²) in [4.78, 5) is 32.6. The number of piperidine rings is 1. The minimum atomic E-state index is -4.42. The predicted molar refractivity (Wildman–Crippen MR) is 111 cm³/mol. The van der Waals surface area contributed by atoms with Gasteiger partial charge in [0, 0.05) is 38.0 Å². The third kappa shape index (κ3) is 5.12. The summed E-state index contributed by atoms with van der Waals surface area (Å²) in [6.07, 6.45) is -3.86. The van der Waals surface area contributed by atoms with E-state index in [1.54, 1.807) is 4.90 Å². The van der Waals surface area contributed by atoms with Gasteiger partial charge < -0.3 is 19.6 Å². The molecule has 2 aliphatic heterocycles. The molecule has 3 amide bonds. The molecule has 0 spiro atoms. The third-order valence-corrected chi connectivity index (χ3v) is 6.06. The zero-order valence-corrected chi connectivity index (χ0v) is 18.4. The monoisotopic (exact) mass is 465 g/mol. The van der Waals surface area contributed by atoms with Gasteiger partial charge >= 0.3 is 12.2 Å². The van der Waals surface area contributed by atoms with E-state index in [4.69, 9.17) is 4.52 Å². The minimum Gasteiger partial charge on any atom is -0.353 e. The highest BCUT2D eigenvalue weighted by Crippen LogP contribution is 2.37. The van der Waals surface area contributed by atoms with E-state index < -0.39 is 11.7 Å². The van der Waals surface area contributed by atoms with Crippen LogP contribution in [0.15, 0.2) is 28.8 Å². The molecular weight excluding hydrogens is 439 g/mol. The minimum absolute atomic E-state index is 0.0248. The van der Waals surface area contributed by atoms with Crippen molar-refractivity contribution in [2.75, 3.05) is 32.7 Å². The van der Waals surface area contributed by atoms with Crippen molar-refractivity contribution in [2.24, 2.45) is 0 Å². The number of hydrogen-bond donors (Lipinski definition) is 1. The molecule has 178 valence electrons. The number of carbonyl (C=O) groups is 2. The number of alkyl halides is 3. The number of rotatable bonds is 3. The van der Waals surface area contributed by atoms with Crippen molar-refractivity contribution in [3.63, 3.8) is 0 Å². The van der Waals surface area contributed by atoms with Gasteiger partial charge in [-0.3, -0.25) is 4.79 Å². The molecule has 1 aromatic carbocycles. The molecule has 1 N–H and O–H groups in total. The van der Waals surface area contributed by atoms with Crippen LogP contribution in [-0.4, -0.2) is 64.6 Å². The summed E-state index contributed by atoms with van der Waals surface area (Å²) in [5.74, 6) is 0.329. The maximum Gasteiger partial charge on any atom is 0.416 e. The van der Waals surface area contributed by atoms with E-state index in [0.29, 0.717) is 49.9 Å². The van der Waals surface area contributed by atoms with Crippen LogP contribution in [0.25, 0.3) is 0 Å². The number of amides is 3. The zero-order chi connectivity index (χ0) is 23.8. The molecule has 4 rings (SSSR count). The van der Waals surface area contributed by atoms with Gasteiger partial charge in [-0.2, -0.15) is 18.2 Å². The Morgan fingerprint density at radius 1 is 1.15 bits per heavy atom. The average Bonchev–Trinajstić information content (AvgIpc) is 3.29. The number of nitrogens with one attached hydrogen (secondary N) is 1. The van der Waals surface area contributed by atoms with Crippen molar-refractivity contribution in [3.05, 3.63) is 47.1 Å². The Balaban J connectivity index is 1.60. The Kier molecular flexibility index (Phi) is 6.31. The van der Waals surface area contributed by atoms with Crippen molar-refractivity contribution in [1.29, 1.82) is 0 Å². The number of aromatic nitrogens is 2. The van der Waals surface area contributed by atoms with Crippen molar-refractivity contribution >= 4 is 11.9 Å². The lowest BCUT2D eigenvalue weighted by molar-refractivity contribution is -0.137. The van der Waals surface area contributed by atoms with Gasteiger partial charge in [0.1, 0.15) is 6.54 Å². The van der Waals surface area contributed by atoms with Crippen LogP contribution in [0.5, 0.6) is 0 Å². The molecule has 2 saturated heterocycles. The molecule has 2 aromatic rings. The maximum absolute atomic E-state index is 13.2. The molecule has 2 unspecified atom stereocenters. The predicted octanol–water partition coefficient (Wildman–Crippen LogP) is 3.34. The summed E-state index contributed by atoms with van der Waals surface area (Å²) >= 11 is 0. The Morgan fingerprint density at radius 3 is 2.45 bits per heavy atom. The van der Waals surface area contributed by atoms with Crippen LogP contribution in [0.2, 0.25) is 0 Å². The zero-order valence-electron chi connectivity index (χ0n) is 18.4. The number of halogens is 3. The first-order valence-electron chi connectivity index (χ1n) is 10.9. The summed E-state index contributed by atoms with van der Waals surface area (Å²) < 4.78 is 44.5. The van der Waals surface area contributed by atoms with Crippen LogP contribution in [0.4, 0.5) is 18.0 Å². The Labute approximate surface area is 189 Å². The molecule has 33 heavy (non-hydrogen) atoms. The van der Waals surface area contributed by atoms with Gasteiger partial charge in [-0.05, 0) is 24.1 Å². The molecule has 8 nitrogen and oxygen atoms in total. The number of piperazine rings is 1. The summed E-state index contributed by atoms with van der Waals surface area (Å²) in [5, 5.41) is 6.71. The van der Waals surface area contributed by atoms with E-state index in [1.165, 1.54) is 17.0 Å². The second-order valence-corrected chi connectivity index (χ2v) is 8.85. The van der Waals surface area contributed by atoms with Crippen LogP contribution in [0.1, 0.15) is 60.9 Å². The summed E-state index contributed by atoms with van der Waals surface area (Å²) in [5.41, 5.74) is -0.0187. The highest BCUT2D eigenvalue weighted by molar-refractivity contribution is 5.85. The second-order valence-electron chi connectivity index (χ2n) is 8.85. The third-order valence-electron chi connectivity index (χ3n) is 6.06. The molecule has 0 radical (unpaired) electrons. The molecule has 11 heteroatoms. The van der Waals surface area contributed by atoms with Gasteiger partial charge in [0.05, 0.1) is 11.5 Å². The number of carbonyl (C=O) groups excluding carboxylic acids is 2. The fourth-order valence-corrected chi connectivity index (χ4v) is 4.27. The highest BCUT2D eigenvalue weighted by atomic mass is 19.4. The topological polar surface area (TPSA) is 91.6 Å². The van der Waals surface area contributed by atoms with Crippen LogP contribution < -0.4 is 5.32 Å². The van der Waals surface area contributed by atoms with E-state index in [9.17, 15) is 22.8 Å². The van der Waals surface area contributed by atoms with Gasteiger partial charge in [0.2, 0.25) is 11.8 Å². The number of benzene rings is 1. The van der Waals surface area contributed by atoms with E-state index in [2.05, 4.69) is 15.5 Å². The standard InChI is InChI=1S/C22H26F3N5O3/c1-13(2)19-27-20(33-28-19)16-9-15(14-3-5-17(6-4-14)22(23,24)25)10-30(11-16)21(32)29-8-7-26-18(31)12-29/h3-6,13,15-16H,7-12H2,1-2H3,(H,26,31). The smallest absolute Gasteiger partial charge is 0.353 e. The molecule has 0 aliphatic carbocycles. The van der Waals surface area contributed by atoms with Crippen LogP contribution in [0, 0.1) is 0 Å². The molecular formula is C22H26F3N5O3. The van der Waals surface area contributed by atoms with Gasteiger partial charge in [-0.1, -0.05) is 31.1 Å². The van der Waals surface area contributed by atoms with Crippen LogP contribution in [0.3, 0.4) is 0 Å². The van der Waals surface area contributed by atoms with Gasteiger partial charge in [0.25, 0.3) is 0 Å². The molecule has 0 bridgehead atoms. The van der Waals surface area contributed by atoms with Gasteiger partial charge in [-0.15, -0.1) is 0 Å². The normalized spacial score (nSPS) is 21.9. The molecule has 2 fully saturated rings. The summed E-state index contributed by atoms with van der Waals surface area (Å²) in [6, 6.07) is 4.75. The second kappa shape index (κ2) is 9.03. The van der Waals surface area contributed by atoms with Crippen molar-refractivity contribution in [3.8, 4) is 0 Å². The van der Waals surface area contributed by atoms with Crippen LogP contribution >= 0.6 is 0 Å². The Morgan fingerprint density at radius 2 is 1.85 bits per heavy atom. The number of nitrogens with zero attached hydrogens (tertiary/aromatic N) is 4. The Hall–Kier alpha value is -3.11. The van der Waals surface area contributed by atoms with E-state index in [-0.39, 0.29) is 36.2 Å². The summed E-state index contributed by atoms with van der Waals surface area (Å²) in [6.45, 7) is 5.29. The maximum atomic E-state index is 13.2. The lowest BCUT2D eigenvalue weighted by atomic mass is 9.84. The number of likely N-dealkylation sites (tertiary alicyclic amines) is 1. The molecule has 0 saturated carbocycles. The van der Waals surface area contributed by atoms with Gasteiger partial charge in [-0.25, -0.2) is 4.79 Å². The molecule has 2 atom stereocenters. The molecule has 1 aromatic heterocycles. The first-order chi connectivity index (χ1) is 15.6. The number of urea groups is 1. The van der Waals surface area contributed by atoms with Crippen molar-refractivity contribution in [2.45, 2.75) is 44.2 Å². The largest absolute Gasteiger partial charge is 0.416 e. The van der Waals surface area contributed by atoms with E-state index in [0.717, 1.165) is 12.1 Å².